The van der Waals surface area contributed by atoms with Gasteiger partial charge in [0, 0.05) is 47.0 Å². The first kappa shape index (κ1) is 24.2. The van der Waals surface area contributed by atoms with E-state index in [9.17, 15) is 19.8 Å². The van der Waals surface area contributed by atoms with Crippen LogP contribution < -0.4 is 5.32 Å². The Balaban J connectivity index is 1.82. The van der Waals surface area contributed by atoms with E-state index < -0.39 is 18.0 Å². The zero-order valence-corrected chi connectivity index (χ0v) is 19.4. The van der Waals surface area contributed by atoms with Crippen molar-refractivity contribution >= 4 is 29.5 Å². The number of β-lactam (4-membered cyclic amide) rings is 1. The fourth-order valence-electron chi connectivity index (χ4n) is 3.98. The molecule has 1 aromatic rings. The molecule has 174 valence electrons. The molecule has 1 aromatic carbocycles. The highest BCUT2D eigenvalue weighted by atomic mass is 32.2. The second-order valence-electron chi connectivity index (χ2n) is 7.97. The van der Waals surface area contributed by atoms with E-state index in [1.54, 1.807) is 11.3 Å². The van der Waals surface area contributed by atoms with Crippen LogP contribution in [0, 0.1) is 11.8 Å². The van der Waals surface area contributed by atoms with Gasteiger partial charge in [-0.25, -0.2) is 9.21 Å². The second kappa shape index (κ2) is 10.5. The van der Waals surface area contributed by atoms with Crippen molar-refractivity contribution in [1.82, 2.24) is 9.73 Å². The van der Waals surface area contributed by atoms with Gasteiger partial charge in [-0.05, 0) is 43.5 Å². The van der Waals surface area contributed by atoms with E-state index in [-0.39, 0.29) is 24.5 Å². The van der Waals surface area contributed by atoms with E-state index in [0.29, 0.717) is 18.5 Å². The fraction of sp³-hybridized carbons (Fsp3) is 0.500. The lowest BCUT2D eigenvalue weighted by Crippen LogP contribution is -2.64. The van der Waals surface area contributed by atoms with Crippen molar-refractivity contribution in [3.63, 3.8) is 0 Å². The Morgan fingerprint density at radius 2 is 2.16 bits per heavy atom. The molecule has 3 rings (SSSR count). The Morgan fingerprint density at radius 1 is 1.41 bits per heavy atom. The number of hydrogen-bond acceptors (Lipinski definition) is 9. The summed E-state index contributed by atoms with van der Waals surface area (Å²) in [4.78, 5) is 34.2. The van der Waals surface area contributed by atoms with Crippen LogP contribution in [-0.2, 0) is 25.8 Å². The number of amides is 1. The zero-order valence-electron chi connectivity index (χ0n) is 18.6. The minimum Gasteiger partial charge on any atom is -0.396 e. The first-order valence-electron chi connectivity index (χ1n) is 10.4. The van der Waals surface area contributed by atoms with Crippen LogP contribution >= 0.6 is 11.9 Å². The van der Waals surface area contributed by atoms with Gasteiger partial charge in [0.15, 0.2) is 0 Å². The first-order chi connectivity index (χ1) is 15.2. The summed E-state index contributed by atoms with van der Waals surface area (Å²) in [6.07, 6.45) is 1.13. The number of nitrogens with zero attached hydrogens (tertiary/aromatic N) is 2. The van der Waals surface area contributed by atoms with Crippen molar-refractivity contribution in [2.75, 3.05) is 20.3 Å². The van der Waals surface area contributed by atoms with Crippen LogP contribution in [0.15, 0.2) is 39.8 Å². The van der Waals surface area contributed by atoms with Crippen molar-refractivity contribution in [3.05, 3.63) is 41.0 Å². The van der Waals surface area contributed by atoms with Gasteiger partial charge < -0.3 is 15.5 Å². The number of aliphatic hydroxyl groups excluding tert-OH is 2. The van der Waals surface area contributed by atoms with Gasteiger partial charge in [-0.3, -0.25) is 9.68 Å². The van der Waals surface area contributed by atoms with E-state index in [0.717, 1.165) is 21.7 Å². The Labute approximate surface area is 191 Å². The molecule has 10 heteroatoms. The third kappa shape index (κ3) is 5.32. The van der Waals surface area contributed by atoms with Crippen molar-refractivity contribution < 1.29 is 29.6 Å². The predicted molar refractivity (Wildman–Crippen MR) is 119 cm³/mol. The molecule has 0 bridgehead atoms. The Morgan fingerprint density at radius 3 is 2.78 bits per heavy atom. The van der Waals surface area contributed by atoms with E-state index in [4.69, 9.17) is 0 Å². The normalized spacial score (nSPS) is 22.3. The predicted octanol–water partition coefficient (Wildman–Crippen LogP) is 1.43. The monoisotopic (exact) mass is 463 g/mol. The van der Waals surface area contributed by atoms with Crippen LogP contribution in [0.4, 0.5) is 0 Å². The van der Waals surface area contributed by atoms with Crippen LogP contribution in [0.25, 0.3) is 0 Å². The summed E-state index contributed by atoms with van der Waals surface area (Å²) in [5.41, 5.74) is 3.56. The molecular weight excluding hydrogens is 434 g/mol. The molecule has 32 heavy (non-hydrogen) atoms. The average Bonchev–Trinajstić information content (AvgIpc) is 2.71. The summed E-state index contributed by atoms with van der Waals surface area (Å²) in [5.74, 6) is -1.66. The van der Waals surface area contributed by atoms with Crippen LogP contribution in [0.1, 0.15) is 31.9 Å². The fourth-order valence-corrected chi connectivity index (χ4v) is 5.02. The van der Waals surface area contributed by atoms with Crippen LogP contribution in [-0.4, -0.2) is 64.6 Å². The smallest absolute Gasteiger partial charge is 0.365 e. The highest BCUT2D eigenvalue weighted by molar-refractivity contribution is 7.97. The number of carbonyl (C=O) groups is 2. The number of carbonyl (C=O) groups excluding carboxylic acids is 2. The lowest BCUT2D eigenvalue weighted by Gasteiger charge is -2.43. The van der Waals surface area contributed by atoms with Gasteiger partial charge in [0.2, 0.25) is 5.91 Å². The van der Waals surface area contributed by atoms with E-state index in [1.807, 2.05) is 32.0 Å². The largest absolute Gasteiger partial charge is 0.396 e. The van der Waals surface area contributed by atoms with Gasteiger partial charge in [-0.2, -0.15) is 9.99 Å². The van der Waals surface area contributed by atoms with Crippen molar-refractivity contribution in [3.8, 4) is 0 Å². The summed E-state index contributed by atoms with van der Waals surface area (Å²) in [5, 5.41) is 26.7. The van der Waals surface area contributed by atoms with Gasteiger partial charge in [0.05, 0.1) is 31.4 Å². The Hall–Kier alpha value is -2.40. The molecule has 0 saturated carbocycles. The van der Waals surface area contributed by atoms with Crippen molar-refractivity contribution in [2.45, 2.75) is 44.2 Å². The van der Waals surface area contributed by atoms with Gasteiger partial charge >= 0.3 is 5.97 Å². The molecule has 2 aliphatic heterocycles. The minimum absolute atomic E-state index is 0.0863. The maximum Gasteiger partial charge on any atom is 0.365 e. The summed E-state index contributed by atoms with van der Waals surface area (Å²) in [6, 6.07) is 5.70. The molecule has 4 unspecified atom stereocenters. The zero-order chi connectivity index (χ0) is 23.4. The van der Waals surface area contributed by atoms with Crippen molar-refractivity contribution in [2.24, 2.45) is 16.9 Å². The topological polar surface area (TPSA) is 121 Å². The van der Waals surface area contributed by atoms with Crippen LogP contribution in [0.5, 0.6) is 0 Å². The van der Waals surface area contributed by atoms with Gasteiger partial charge in [-0.15, -0.1) is 0 Å². The van der Waals surface area contributed by atoms with E-state index >= 15 is 0 Å². The third-order valence-corrected chi connectivity index (χ3v) is 6.70. The maximum absolute atomic E-state index is 12.1. The third-order valence-electron chi connectivity index (χ3n) is 5.73. The van der Waals surface area contributed by atoms with Crippen LogP contribution in [0.2, 0.25) is 0 Å². The molecule has 3 N–H and O–H groups in total. The first-order valence-corrected chi connectivity index (χ1v) is 11.2. The van der Waals surface area contributed by atoms with Crippen molar-refractivity contribution in [1.29, 1.82) is 0 Å². The molecule has 0 aliphatic carbocycles. The highest BCUT2D eigenvalue weighted by Crippen LogP contribution is 2.36. The second-order valence-corrected chi connectivity index (χ2v) is 9.01. The standard InChI is InChI=1S/C22H29N3O6S/c1-12(21-20(14(3)27)22(29)23-21)16(10-19(28)31-30-4)11-25-24-13(2)17-9-15(7-8-26)5-6-18(17)32-25/h5-6,9-10,12,14,20-21,26-27H,7-8,11H2,1-4H3,(H,23,29)/b16-10+. The van der Waals surface area contributed by atoms with E-state index in [1.165, 1.54) is 25.1 Å². The summed E-state index contributed by atoms with van der Waals surface area (Å²) < 4.78 is 1.78. The summed E-state index contributed by atoms with van der Waals surface area (Å²) in [6.45, 7) is 5.78. The van der Waals surface area contributed by atoms with Gasteiger partial charge in [0.25, 0.3) is 0 Å². The molecule has 0 spiro atoms. The lowest BCUT2D eigenvalue weighted by molar-refractivity contribution is -0.249. The molecule has 1 fully saturated rings. The maximum atomic E-state index is 12.1. The number of hydrogen-bond donors (Lipinski definition) is 3. The minimum atomic E-state index is -0.798. The molecule has 4 atom stereocenters. The molecule has 2 aliphatic rings. The quantitative estimate of drug-likeness (QED) is 0.165. The van der Waals surface area contributed by atoms with Crippen LogP contribution in [0.3, 0.4) is 0 Å². The molecule has 2 heterocycles. The molecule has 0 radical (unpaired) electrons. The number of hydrazone groups is 1. The molecule has 1 amide bonds. The summed E-state index contributed by atoms with van der Waals surface area (Å²) >= 11 is 1.44. The highest BCUT2D eigenvalue weighted by Gasteiger charge is 2.46. The SMILES string of the molecule is COOC(=O)/C=C(\CN1N=C(C)c2cc(CCO)ccc2S1)C(C)C1NC(=O)C1C(C)O. The van der Waals surface area contributed by atoms with E-state index in [2.05, 4.69) is 20.2 Å². The lowest BCUT2D eigenvalue weighted by atomic mass is 9.76. The molecule has 0 aromatic heterocycles. The van der Waals surface area contributed by atoms with Gasteiger partial charge in [0.1, 0.15) is 0 Å². The molecule has 1 saturated heterocycles. The Kier molecular flexibility index (Phi) is 7.94. The average molecular weight is 464 g/mol. The number of benzene rings is 1. The molecular formula is C22H29N3O6S. The molecule has 9 nitrogen and oxygen atoms in total. The number of rotatable bonds is 9. The summed E-state index contributed by atoms with van der Waals surface area (Å²) in [7, 11) is 1.25. The number of fused-ring (bicyclic) bond motifs is 1. The number of aliphatic hydroxyl groups is 2. The Bertz CT molecular complexity index is 932. The number of nitrogens with one attached hydrogen (secondary N) is 1. The van der Waals surface area contributed by atoms with Gasteiger partial charge in [-0.1, -0.05) is 13.0 Å².